The molecule has 0 aromatic rings. The predicted octanol–water partition coefficient (Wildman–Crippen LogP) is 2.89. The largest absolute Gasteiger partial charge is 0.265 e. The third kappa shape index (κ3) is 3.36. The van der Waals surface area contributed by atoms with Gasteiger partial charge in [0.25, 0.3) is 0 Å². The van der Waals surface area contributed by atoms with E-state index in [-0.39, 0.29) is 0 Å². The summed E-state index contributed by atoms with van der Waals surface area (Å²) in [4.78, 5) is 3.71. The van der Waals surface area contributed by atoms with Gasteiger partial charge in [0.05, 0.1) is 5.70 Å². The Morgan fingerprint density at radius 2 is 2.09 bits per heavy atom. The quantitative estimate of drug-likeness (QED) is 0.428. The molecule has 0 rings (SSSR count). The predicted molar refractivity (Wildman–Crippen MR) is 51.8 cm³/mol. The summed E-state index contributed by atoms with van der Waals surface area (Å²) in [6, 6.07) is 0. The van der Waals surface area contributed by atoms with Gasteiger partial charge in [-0.05, 0) is 19.2 Å². The second kappa shape index (κ2) is 5.42. The van der Waals surface area contributed by atoms with Crippen LogP contribution in [0, 0.1) is 0 Å². The normalized spacial score (nSPS) is 11.5. The molecule has 0 atom stereocenters. The van der Waals surface area contributed by atoms with E-state index in [0.29, 0.717) is 5.70 Å². The van der Waals surface area contributed by atoms with Gasteiger partial charge in [-0.2, -0.15) is 0 Å². The van der Waals surface area contributed by atoms with Crippen LogP contribution in [-0.4, -0.2) is 6.72 Å². The highest BCUT2D eigenvalue weighted by atomic mass is 14.7. The molecule has 0 saturated heterocycles. The minimum Gasteiger partial charge on any atom is -0.265 e. The number of rotatable bonds is 4. The summed E-state index contributed by atoms with van der Waals surface area (Å²) < 4.78 is 0. The van der Waals surface area contributed by atoms with Crippen LogP contribution >= 0.6 is 0 Å². The van der Waals surface area contributed by atoms with E-state index >= 15 is 0 Å². The Hall–Kier alpha value is -1.37. The van der Waals surface area contributed by atoms with Crippen molar-refractivity contribution in [1.82, 2.24) is 0 Å². The van der Waals surface area contributed by atoms with Crippen LogP contribution in [0.1, 0.15) is 6.92 Å². The van der Waals surface area contributed by atoms with Gasteiger partial charge in [-0.25, -0.2) is 0 Å². The Labute approximate surface area is 68.2 Å². The minimum absolute atomic E-state index is 0.686. The fourth-order valence-corrected chi connectivity index (χ4v) is 0.622. The first-order valence-corrected chi connectivity index (χ1v) is 3.37. The van der Waals surface area contributed by atoms with E-state index in [1.807, 2.05) is 25.2 Å². The van der Waals surface area contributed by atoms with Crippen molar-refractivity contribution in [2.24, 2.45) is 4.99 Å². The lowest BCUT2D eigenvalue weighted by Crippen LogP contribution is -1.78. The van der Waals surface area contributed by atoms with Gasteiger partial charge >= 0.3 is 0 Å². The average Bonchev–Trinajstić information content (AvgIpc) is 2.05. The molecule has 1 heteroatoms. The van der Waals surface area contributed by atoms with E-state index in [0.717, 1.165) is 5.57 Å². The van der Waals surface area contributed by atoms with Crippen LogP contribution in [0.25, 0.3) is 0 Å². The second-order valence-corrected chi connectivity index (χ2v) is 1.94. The average molecular weight is 147 g/mol. The molecule has 0 aromatic heterocycles. The highest BCUT2D eigenvalue weighted by molar-refractivity contribution is 5.42. The first kappa shape index (κ1) is 9.63. The molecule has 0 unspecified atom stereocenters. The molecule has 0 saturated carbocycles. The summed E-state index contributed by atoms with van der Waals surface area (Å²) in [6.45, 7) is 12.6. The molecule has 0 bridgehead atoms. The van der Waals surface area contributed by atoms with Crippen LogP contribution in [0.2, 0.25) is 0 Å². The van der Waals surface area contributed by atoms with Gasteiger partial charge in [0.2, 0.25) is 0 Å². The van der Waals surface area contributed by atoms with E-state index in [4.69, 9.17) is 0 Å². The zero-order chi connectivity index (χ0) is 8.69. The molecule has 0 radical (unpaired) electrons. The van der Waals surface area contributed by atoms with E-state index in [2.05, 4.69) is 24.9 Å². The molecule has 58 valence electrons. The van der Waals surface area contributed by atoms with Gasteiger partial charge in [-0.15, -0.1) is 0 Å². The second-order valence-electron chi connectivity index (χ2n) is 1.94. The monoisotopic (exact) mass is 147 g/mol. The maximum absolute atomic E-state index is 3.71. The van der Waals surface area contributed by atoms with Crippen LogP contribution in [-0.2, 0) is 0 Å². The topological polar surface area (TPSA) is 12.4 Å². The van der Waals surface area contributed by atoms with Crippen molar-refractivity contribution in [2.75, 3.05) is 0 Å². The first-order chi connectivity index (χ1) is 5.26. The Bertz CT molecular complexity index is 219. The van der Waals surface area contributed by atoms with Crippen LogP contribution < -0.4 is 0 Å². The third-order valence-corrected chi connectivity index (χ3v) is 1.25. The molecule has 0 aliphatic carbocycles. The highest BCUT2D eigenvalue weighted by Gasteiger charge is 1.91. The molecule has 0 aromatic carbocycles. The maximum atomic E-state index is 3.71. The Balaban J connectivity index is 4.43. The summed E-state index contributed by atoms with van der Waals surface area (Å²) in [5.41, 5.74) is 1.66. The number of allylic oxidation sites excluding steroid dienone is 4. The number of hydrogen-bond acceptors (Lipinski definition) is 1. The lowest BCUT2D eigenvalue weighted by Gasteiger charge is -1.96. The van der Waals surface area contributed by atoms with Gasteiger partial charge in [0, 0.05) is 0 Å². The molecule has 0 heterocycles. The number of aliphatic imine (C=N–C) groups is 1. The van der Waals surface area contributed by atoms with Gasteiger partial charge in [-0.3, -0.25) is 4.99 Å². The summed E-state index contributed by atoms with van der Waals surface area (Å²) in [6.07, 6.45) is 7.37. The molecule has 0 fully saturated rings. The SMILES string of the molecule is C=C/C=C\C(=C/C)C(=C)N=C. The van der Waals surface area contributed by atoms with Crippen LogP contribution in [0.3, 0.4) is 0 Å². The lowest BCUT2D eigenvalue weighted by atomic mass is 10.2. The van der Waals surface area contributed by atoms with Crippen molar-refractivity contribution in [1.29, 1.82) is 0 Å². The van der Waals surface area contributed by atoms with Gasteiger partial charge in [-0.1, -0.05) is 37.5 Å². The van der Waals surface area contributed by atoms with Gasteiger partial charge in [0.1, 0.15) is 0 Å². The third-order valence-electron chi connectivity index (χ3n) is 1.25. The molecule has 1 nitrogen and oxygen atoms in total. The summed E-state index contributed by atoms with van der Waals surface area (Å²) in [5, 5.41) is 0. The first-order valence-electron chi connectivity index (χ1n) is 3.37. The van der Waals surface area contributed by atoms with E-state index < -0.39 is 0 Å². The molecule has 0 spiro atoms. The Morgan fingerprint density at radius 3 is 2.45 bits per heavy atom. The van der Waals surface area contributed by atoms with Crippen molar-refractivity contribution >= 4 is 6.72 Å². The fourth-order valence-electron chi connectivity index (χ4n) is 0.622. The summed E-state index contributed by atoms with van der Waals surface area (Å²) in [7, 11) is 0. The zero-order valence-electron chi connectivity index (χ0n) is 6.88. The zero-order valence-corrected chi connectivity index (χ0v) is 6.88. The van der Waals surface area contributed by atoms with Crippen molar-refractivity contribution in [3.63, 3.8) is 0 Å². The van der Waals surface area contributed by atoms with Crippen molar-refractivity contribution in [2.45, 2.75) is 6.92 Å². The molecule has 0 N–H and O–H groups in total. The van der Waals surface area contributed by atoms with E-state index in [9.17, 15) is 0 Å². The number of nitrogens with zero attached hydrogens (tertiary/aromatic N) is 1. The van der Waals surface area contributed by atoms with Gasteiger partial charge in [0.15, 0.2) is 0 Å². The number of hydrogen-bond donors (Lipinski definition) is 0. The molecule has 11 heavy (non-hydrogen) atoms. The highest BCUT2D eigenvalue weighted by Crippen LogP contribution is 2.09. The molecular weight excluding hydrogens is 134 g/mol. The lowest BCUT2D eigenvalue weighted by molar-refractivity contribution is 1.37. The maximum Gasteiger partial charge on any atom is 0.0619 e. The summed E-state index contributed by atoms with van der Waals surface area (Å²) >= 11 is 0. The van der Waals surface area contributed by atoms with Crippen LogP contribution in [0.15, 0.2) is 53.7 Å². The van der Waals surface area contributed by atoms with Crippen molar-refractivity contribution < 1.29 is 0 Å². The van der Waals surface area contributed by atoms with Gasteiger partial charge < -0.3 is 0 Å². The molecule has 0 amide bonds. The van der Waals surface area contributed by atoms with Crippen molar-refractivity contribution in [3.8, 4) is 0 Å². The van der Waals surface area contributed by atoms with E-state index in [1.165, 1.54) is 0 Å². The molecular formula is C10H13N. The standard InChI is InChI=1S/C10H13N/c1-5-7-8-10(6-2)9(3)11-4/h5-8H,1,3-4H2,2H3/b8-7-,10-6+. The van der Waals surface area contributed by atoms with E-state index in [1.54, 1.807) is 6.08 Å². The van der Waals surface area contributed by atoms with Crippen molar-refractivity contribution in [3.05, 3.63) is 48.7 Å². The van der Waals surface area contributed by atoms with Crippen LogP contribution in [0.5, 0.6) is 0 Å². The Morgan fingerprint density at radius 1 is 1.45 bits per heavy atom. The van der Waals surface area contributed by atoms with Crippen LogP contribution in [0.4, 0.5) is 0 Å². The molecule has 0 aliphatic rings. The Kier molecular flexibility index (Phi) is 4.74. The fraction of sp³-hybridized carbons (Fsp3) is 0.100. The summed E-state index contributed by atoms with van der Waals surface area (Å²) in [5.74, 6) is 0. The smallest absolute Gasteiger partial charge is 0.0619 e. The minimum atomic E-state index is 0.686. The molecule has 0 aliphatic heterocycles.